The van der Waals surface area contributed by atoms with Crippen LogP contribution in [0, 0.1) is 5.82 Å². The summed E-state index contributed by atoms with van der Waals surface area (Å²) in [5.74, 6) is 0.0650. The Balaban J connectivity index is 1.32. The molecule has 0 radical (unpaired) electrons. The Labute approximate surface area is 209 Å². The molecule has 2 heterocycles. The highest BCUT2D eigenvalue weighted by atomic mass is 19.1. The predicted octanol–water partition coefficient (Wildman–Crippen LogP) is 4.39. The lowest BCUT2D eigenvalue weighted by atomic mass is 10.0. The molecule has 2 aromatic carbocycles. The number of rotatable bonds is 11. The van der Waals surface area contributed by atoms with Crippen LogP contribution in [0.2, 0.25) is 0 Å². The molecule has 0 amide bonds. The first-order valence-corrected chi connectivity index (χ1v) is 12.2. The van der Waals surface area contributed by atoms with Crippen LogP contribution in [0.25, 0.3) is 11.1 Å². The molecule has 10 heteroatoms. The van der Waals surface area contributed by atoms with Crippen LogP contribution in [0.4, 0.5) is 10.4 Å². The van der Waals surface area contributed by atoms with Crippen molar-refractivity contribution in [3.8, 4) is 17.2 Å². The van der Waals surface area contributed by atoms with Gasteiger partial charge in [0.15, 0.2) is 23.7 Å². The van der Waals surface area contributed by atoms with Gasteiger partial charge in [-0.25, -0.2) is 4.79 Å². The Morgan fingerprint density at radius 2 is 1.81 bits per heavy atom. The number of benzene rings is 2. The predicted molar refractivity (Wildman–Crippen MR) is 132 cm³/mol. The molecule has 0 aliphatic carbocycles. The lowest BCUT2D eigenvalue weighted by molar-refractivity contribution is -0.142. The summed E-state index contributed by atoms with van der Waals surface area (Å²) in [6, 6.07) is 9.40. The van der Waals surface area contributed by atoms with E-state index in [-0.39, 0.29) is 24.1 Å². The first-order chi connectivity index (χ1) is 17.5. The number of hydrogen-bond donors (Lipinski definition) is 1. The number of fused-ring (bicyclic) bond motifs is 1. The quantitative estimate of drug-likeness (QED) is 0.384. The Bertz CT molecular complexity index is 1150. The average molecular weight is 502 g/mol. The van der Waals surface area contributed by atoms with Gasteiger partial charge in [0.25, 0.3) is 6.01 Å². The number of hydrogen-bond acceptors (Lipinski definition) is 9. The van der Waals surface area contributed by atoms with E-state index in [0.29, 0.717) is 42.6 Å². The van der Waals surface area contributed by atoms with E-state index in [4.69, 9.17) is 18.6 Å². The number of likely N-dealkylation sites (tertiary alicyclic amines) is 1. The second-order valence-corrected chi connectivity index (χ2v) is 8.48. The van der Waals surface area contributed by atoms with Crippen LogP contribution in [-0.2, 0) is 16.1 Å². The number of esters is 1. The van der Waals surface area contributed by atoms with Gasteiger partial charge in [-0.3, -0.25) is 4.90 Å². The van der Waals surface area contributed by atoms with Gasteiger partial charge in [0.1, 0.15) is 11.3 Å². The summed E-state index contributed by atoms with van der Waals surface area (Å²) in [6.45, 7) is 6.70. The topological polar surface area (TPSA) is 95.3 Å². The van der Waals surface area contributed by atoms with Gasteiger partial charge in [-0.1, -0.05) is 0 Å². The zero-order chi connectivity index (χ0) is 25.5. The Kier molecular flexibility index (Phi) is 8.48. The number of anilines is 1. The first-order valence-electron chi connectivity index (χ1n) is 12.2. The maximum atomic E-state index is 14.5. The molecule has 0 bridgehead atoms. The van der Waals surface area contributed by atoms with Crippen molar-refractivity contribution in [1.29, 1.82) is 0 Å². The SMILES string of the molecule is CCOc1cc(CN2CCC(Nc3nc4cc(OCC(=O)OC)ccc4o3)CC2)cc(OCC)c1F. The van der Waals surface area contributed by atoms with Crippen LogP contribution in [0.5, 0.6) is 17.2 Å². The highest BCUT2D eigenvalue weighted by Crippen LogP contribution is 2.31. The van der Waals surface area contributed by atoms with Crippen LogP contribution in [0.1, 0.15) is 32.3 Å². The summed E-state index contributed by atoms with van der Waals surface area (Å²) in [5, 5.41) is 3.38. The third kappa shape index (κ3) is 6.37. The fourth-order valence-corrected chi connectivity index (χ4v) is 4.17. The van der Waals surface area contributed by atoms with Crippen molar-refractivity contribution < 1.29 is 32.5 Å². The molecule has 1 saturated heterocycles. The van der Waals surface area contributed by atoms with Crippen molar-refractivity contribution >= 4 is 23.1 Å². The largest absolute Gasteiger partial charge is 0.491 e. The van der Waals surface area contributed by atoms with E-state index in [1.807, 2.05) is 13.8 Å². The summed E-state index contributed by atoms with van der Waals surface area (Å²) in [6.07, 6.45) is 1.81. The molecule has 1 aliphatic rings. The van der Waals surface area contributed by atoms with E-state index < -0.39 is 11.8 Å². The second-order valence-electron chi connectivity index (χ2n) is 8.48. The molecule has 3 aromatic rings. The van der Waals surface area contributed by atoms with Crippen molar-refractivity contribution in [3.63, 3.8) is 0 Å². The molecular weight excluding hydrogens is 469 g/mol. The molecule has 1 N–H and O–H groups in total. The zero-order valence-corrected chi connectivity index (χ0v) is 20.8. The molecule has 4 rings (SSSR count). The Morgan fingerprint density at radius 1 is 1.11 bits per heavy atom. The van der Waals surface area contributed by atoms with Crippen molar-refractivity contribution in [3.05, 3.63) is 41.7 Å². The van der Waals surface area contributed by atoms with Gasteiger partial charge in [-0.05, 0) is 56.5 Å². The van der Waals surface area contributed by atoms with Gasteiger partial charge < -0.3 is 28.7 Å². The van der Waals surface area contributed by atoms with E-state index in [1.165, 1.54) is 7.11 Å². The minimum Gasteiger partial charge on any atom is -0.491 e. The number of ether oxygens (including phenoxy) is 4. The number of aromatic nitrogens is 1. The van der Waals surface area contributed by atoms with Gasteiger partial charge in [-0.2, -0.15) is 9.37 Å². The van der Waals surface area contributed by atoms with Gasteiger partial charge in [0.05, 0.1) is 20.3 Å². The van der Waals surface area contributed by atoms with E-state index >= 15 is 0 Å². The number of carbonyl (C=O) groups excluding carboxylic acids is 1. The van der Waals surface area contributed by atoms with Crippen LogP contribution >= 0.6 is 0 Å². The number of methoxy groups -OCH3 is 1. The van der Waals surface area contributed by atoms with E-state index in [1.54, 1.807) is 30.3 Å². The van der Waals surface area contributed by atoms with Crippen molar-refractivity contribution in [2.75, 3.05) is 45.3 Å². The molecule has 36 heavy (non-hydrogen) atoms. The third-order valence-corrected chi connectivity index (χ3v) is 5.93. The summed E-state index contributed by atoms with van der Waals surface area (Å²) in [5.41, 5.74) is 2.23. The molecule has 1 fully saturated rings. The maximum Gasteiger partial charge on any atom is 0.343 e. The first kappa shape index (κ1) is 25.6. The molecule has 1 aliphatic heterocycles. The molecule has 0 spiro atoms. The maximum absolute atomic E-state index is 14.5. The normalized spacial score (nSPS) is 14.6. The Hall–Kier alpha value is -3.53. The van der Waals surface area contributed by atoms with Gasteiger partial charge in [0.2, 0.25) is 5.82 Å². The number of carbonyl (C=O) groups is 1. The molecule has 194 valence electrons. The number of nitrogens with one attached hydrogen (secondary N) is 1. The smallest absolute Gasteiger partial charge is 0.343 e. The van der Waals surface area contributed by atoms with Crippen molar-refractivity contribution in [2.45, 2.75) is 39.3 Å². The fourth-order valence-electron chi connectivity index (χ4n) is 4.17. The molecule has 0 saturated carbocycles. The molecule has 0 unspecified atom stereocenters. The standard InChI is InChI=1S/C26H32FN3O6/c1-4-33-22-12-17(13-23(25(22)27)34-5-2)15-30-10-8-18(9-11-30)28-26-29-20-14-19(6-7-21(20)36-26)35-16-24(31)32-3/h6-7,12-14,18H,4-5,8-11,15-16H2,1-3H3,(H,28,29). The highest BCUT2D eigenvalue weighted by Gasteiger charge is 2.22. The van der Waals surface area contributed by atoms with Gasteiger partial charge in [-0.15, -0.1) is 0 Å². The minimum atomic E-state index is -0.453. The monoisotopic (exact) mass is 501 g/mol. The summed E-state index contributed by atoms with van der Waals surface area (Å²) < 4.78 is 41.3. The van der Waals surface area contributed by atoms with Gasteiger partial charge >= 0.3 is 5.97 Å². The number of oxazole rings is 1. The Morgan fingerprint density at radius 3 is 2.44 bits per heavy atom. The van der Waals surface area contributed by atoms with Crippen LogP contribution in [0.3, 0.4) is 0 Å². The lowest BCUT2D eigenvalue weighted by Crippen LogP contribution is -2.38. The third-order valence-electron chi connectivity index (χ3n) is 5.93. The molecular formula is C26H32FN3O6. The minimum absolute atomic E-state index is 0.165. The van der Waals surface area contributed by atoms with E-state index in [2.05, 4.69) is 19.9 Å². The van der Waals surface area contributed by atoms with Gasteiger partial charge in [0, 0.05) is 31.7 Å². The molecule has 1 aromatic heterocycles. The summed E-state index contributed by atoms with van der Waals surface area (Å²) in [4.78, 5) is 18.1. The van der Waals surface area contributed by atoms with Crippen molar-refractivity contribution in [1.82, 2.24) is 9.88 Å². The van der Waals surface area contributed by atoms with Crippen LogP contribution in [0.15, 0.2) is 34.7 Å². The highest BCUT2D eigenvalue weighted by molar-refractivity contribution is 5.76. The second kappa shape index (κ2) is 11.9. The number of piperidine rings is 1. The van der Waals surface area contributed by atoms with E-state index in [9.17, 15) is 9.18 Å². The summed E-state index contributed by atoms with van der Waals surface area (Å²) >= 11 is 0. The lowest BCUT2D eigenvalue weighted by Gasteiger charge is -2.32. The van der Waals surface area contributed by atoms with Crippen molar-refractivity contribution in [2.24, 2.45) is 0 Å². The molecule has 0 atom stereocenters. The zero-order valence-electron chi connectivity index (χ0n) is 20.8. The average Bonchev–Trinajstić information content (AvgIpc) is 3.28. The number of halogens is 1. The molecule has 9 nitrogen and oxygen atoms in total. The fraction of sp³-hybridized carbons (Fsp3) is 0.462. The summed E-state index contributed by atoms with van der Waals surface area (Å²) in [7, 11) is 1.31. The van der Waals surface area contributed by atoms with Crippen LogP contribution in [-0.4, -0.2) is 61.9 Å². The van der Waals surface area contributed by atoms with Crippen LogP contribution < -0.4 is 19.5 Å². The van der Waals surface area contributed by atoms with E-state index in [0.717, 1.165) is 31.5 Å². The number of nitrogens with zero attached hydrogens (tertiary/aromatic N) is 2.